The Labute approximate surface area is 146 Å². The van der Waals surface area contributed by atoms with Gasteiger partial charge in [-0.05, 0) is 18.1 Å². The topological polar surface area (TPSA) is 38.3 Å². The standard InChI is InChI=1S/C14H27F3INO2Si/c1-10(2)13(9-14(15,16)17,19-11(20)8-18)21-22(6,7)12(3,4)5/h10H,8-9H2,1-7H3,(H,19,20). The Balaban J connectivity index is 5.79. The van der Waals surface area contributed by atoms with Crippen LogP contribution >= 0.6 is 22.6 Å². The zero-order chi connectivity index (χ0) is 18.0. The Morgan fingerprint density at radius 2 is 1.68 bits per heavy atom. The third-order valence-corrected chi connectivity index (χ3v) is 9.29. The summed E-state index contributed by atoms with van der Waals surface area (Å²) in [5.41, 5.74) is -1.72. The summed E-state index contributed by atoms with van der Waals surface area (Å²) in [5.74, 6) is -0.951. The van der Waals surface area contributed by atoms with E-state index in [0.29, 0.717) is 0 Å². The van der Waals surface area contributed by atoms with Crippen molar-refractivity contribution in [2.45, 2.75) is 71.1 Å². The van der Waals surface area contributed by atoms with E-state index in [1.165, 1.54) is 0 Å². The van der Waals surface area contributed by atoms with Gasteiger partial charge in [-0.3, -0.25) is 4.79 Å². The summed E-state index contributed by atoms with van der Waals surface area (Å²) in [6.07, 6.45) is -5.61. The van der Waals surface area contributed by atoms with Gasteiger partial charge in [0.05, 0.1) is 10.8 Å². The second-order valence-electron chi connectivity index (χ2n) is 7.38. The molecule has 3 nitrogen and oxygen atoms in total. The highest BCUT2D eigenvalue weighted by Crippen LogP contribution is 2.43. The van der Waals surface area contributed by atoms with E-state index < -0.39 is 38.5 Å². The van der Waals surface area contributed by atoms with Gasteiger partial charge < -0.3 is 9.74 Å². The second-order valence-corrected chi connectivity index (χ2v) is 12.9. The molecule has 8 heteroatoms. The van der Waals surface area contributed by atoms with Gasteiger partial charge in [0.25, 0.3) is 0 Å². The van der Waals surface area contributed by atoms with Crippen molar-refractivity contribution in [3.8, 4) is 0 Å². The van der Waals surface area contributed by atoms with Crippen LogP contribution in [0.15, 0.2) is 0 Å². The molecule has 1 unspecified atom stereocenters. The molecular weight excluding hydrogens is 426 g/mol. The number of halogens is 4. The summed E-state index contributed by atoms with van der Waals surface area (Å²) in [6, 6.07) is 0. The van der Waals surface area contributed by atoms with Gasteiger partial charge in [0, 0.05) is 5.92 Å². The van der Waals surface area contributed by atoms with Gasteiger partial charge in [-0.2, -0.15) is 13.2 Å². The van der Waals surface area contributed by atoms with E-state index in [0.717, 1.165) is 0 Å². The van der Waals surface area contributed by atoms with Crippen molar-refractivity contribution in [2.75, 3.05) is 4.43 Å². The smallest absolute Gasteiger partial charge is 0.393 e. The molecule has 0 aliphatic rings. The Bertz CT molecular complexity index is 395. The van der Waals surface area contributed by atoms with E-state index in [4.69, 9.17) is 4.43 Å². The maximum Gasteiger partial charge on any atom is 0.393 e. The number of amides is 1. The van der Waals surface area contributed by atoms with Gasteiger partial charge in [-0.15, -0.1) is 0 Å². The number of carbonyl (C=O) groups is 1. The maximum atomic E-state index is 13.1. The lowest BCUT2D eigenvalue weighted by molar-refractivity contribution is -0.190. The van der Waals surface area contributed by atoms with Crippen LogP contribution in [0.5, 0.6) is 0 Å². The van der Waals surface area contributed by atoms with Crippen molar-refractivity contribution in [3.63, 3.8) is 0 Å². The van der Waals surface area contributed by atoms with Crippen LogP contribution in [0.25, 0.3) is 0 Å². The Morgan fingerprint density at radius 3 is 1.95 bits per heavy atom. The molecule has 0 aromatic rings. The van der Waals surface area contributed by atoms with Gasteiger partial charge in [0.1, 0.15) is 5.72 Å². The SMILES string of the molecule is CC(C)C(CC(F)(F)F)(NC(=O)CI)O[Si](C)(C)C(C)(C)C. The summed E-state index contributed by atoms with van der Waals surface area (Å²) >= 11 is 1.83. The van der Waals surface area contributed by atoms with E-state index in [1.54, 1.807) is 13.8 Å². The molecule has 0 saturated carbocycles. The first-order chi connectivity index (χ1) is 9.56. The fourth-order valence-electron chi connectivity index (χ4n) is 1.75. The van der Waals surface area contributed by atoms with Crippen molar-refractivity contribution < 1.29 is 22.4 Å². The van der Waals surface area contributed by atoms with Crippen LogP contribution in [0.1, 0.15) is 41.0 Å². The molecule has 0 radical (unpaired) electrons. The molecule has 1 N–H and O–H groups in total. The van der Waals surface area contributed by atoms with Crippen molar-refractivity contribution in [2.24, 2.45) is 5.92 Å². The van der Waals surface area contributed by atoms with E-state index >= 15 is 0 Å². The second kappa shape index (κ2) is 7.37. The average Bonchev–Trinajstić information content (AvgIpc) is 2.23. The van der Waals surface area contributed by atoms with Crippen molar-refractivity contribution >= 4 is 36.8 Å². The fraction of sp³-hybridized carbons (Fsp3) is 0.929. The summed E-state index contributed by atoms with van der Waals surface area (Å²) in [4.78, 5) is 11.8. The third kappa shape index (κ3) is 6.35. The lowest BCUT2D eigenvalue weighted by Crippen LogP contribution is -2.62. The van der Waals surface area contributed by atoms with Crippen LogP contribution in [0, 0.1) is 5.92 Å². The summed E-state index contributed by atoms with van der Waals surface area (Å²) in [5, 5.41) is 2.25. The highest BCUT2D eigenvalue weighted by atomic mass is 127. The molecule has 0 bridgehead atoms. The van der Waals surface area contributed by atoms with E-state index in [2.05, 4.69) is 5.32 Å². The van der Waals surface area contributed by atoms with Crippen LogP contribution < -0.4 is 5.32 Å². The van der Waals surface area contributed by atoms with E-state index in [9.17, 15) is 18.0 Å². The molecule has 0 spiro atoms. The maximum absolute atomic E-state index is 13.1. The van der Waals surface area contributed by atoms with Crippen molar-refractivity contribution in [3.05, 3.63) is 0 Å². The van der Waals surface area contributed by atoms with Gasteiger partial charge in [0.15, 0.2) is 8.32 Å². The van der Waals surface area contributed by atoms with Crippen LogP contribution in [0.3, 0.4) is 0 Å². The first-order valence-corrected chi connectivity index (χ1v) is 11.6. The van der Waals surface area contributed by atoms with Crippen LogP contribution in [0.2, 0.25) is 18.1 Å². The number of hydrogen-bond donors (Lipinski definition) is 1. The molecule has 132 valence electrons. The molecule has 0 aromatic carbocycles. The fourth-order valence-corrected chi connectivity index (χ4v) is 3.51. The summed E-state index contributed by atoms with van der Waals surface area (Å²) < 4.78 is 45.5. The first-order valence-electron chi connectivity index (χ1n) is 7.20. The zero-order valence-electron chi connectivity index (χ0n) is 14.3. The quantitative estimate of drug-likeness (QED) is 0.270. The molecule has 1 amide bonds. The molecule has 0 aromatic heterocycles. The normalized spacial score (nSPS) is 16.5. The molecular formula is C14H27F3INO2Si. The average molecular weight is 453 g/mol. The molecule has 0 rings (SSSR count). The molecule has 22 heavy (non-hydrogen) atoms. The monoisotopic (exact) mass is 453 g/mol. The summed E-state index contributed by atoms with van der Waals surface area (Å²) in [7, 11) is -2.50. The Morgan fingerprint density at radius 1 is 1.23 bits per heavy atom. The minimum Gasteiger partial charge on any atom is -0.394 e. The number of alkyl halides is 4. The van der Waals surface area contributed by atoms with E-state index in [-0.39, 0.29) is 9.47 Å². The minimum absolute atomic E-state index is 0.0882. The van der Waals surface area contributed by atoms with Gasteiger partial charge in [-0.1, -0.05) is 57.2 Å². The van der Waals surface area contributed by atoms with Crippen molar-refractivity contribution in [1.29, 1.82) is 0 Å². The lowest BCUT2D eigenvalue weighted by atomic mass is 9.95. The molecule has 0 aliphatic heterocycles. The number of rotatable bonds is 6. The number of nitrogens with one attached hydrogen (secondary N) is 1. The predicted octanol–water partition coefficient (Wildman–Crippen LogP) is 4.86. The minimum atomic E-state index is -4.43. The van der Waals surface area contributed by atoms with Crippen LogP contribution in [0.4, 0.5) is 13.2 Å². The largest absolute Gasteiger partial charge is 0.394 e. The van der Waals surface area contributed by atoms with E-state index in [1.807, 2.05) is 56.5 Å². The molecule has 0 aliphatic carbocycles. The number of carbonyl (C=O) groups excluding carboxylic acids is 1. The van der Waals surface area contributed by atoms with Crippen molar-refractivity contribution in [1.82, 2.24) is 5.32 Å². The predicted molar refractivity (Wildman–Crippen MR) is 93.6 cm³/mol. The van der Waals surface area contributed by atoms with Crippen LogP contribution in [-0.4, -0.2) is 30.6 Å². The van der Waals surface area contributed by atoms with Gasteiger partial charge >= 0.3 is 6.18 Å². The lowest BCUT2D eigenvalue weighted by Gasteiger charge is -2.48. The zero-order valence-corrected chi connectivity index (χ0v) is 17.5. The first kappa shape index (κ1) is 22.2. The molecule has 0 heterocycles. The Hall–Kier alpha value is 0.167. The molecule has 0 saturated heterocycles. The third-order valence-electron chi connectivity index (χ3n) is 4.11. The summed E-state index contributed by atoms with van der Waals surface area (Å²) in [6.45, 7) is 12.9. The van der Waals surface area contributed by atoms with Gasteiger partial charge in [0.2, 0.25) is 5.91 Å². The van der Waals surface area contributed by atoms with Gasteiger partial charge in [-0.25, -0.2) is 0 Å². The Kier molecular flexibility index (Phi) is 7.43. The highest BCUT2D eigenvalue weighted by Gasteiger charge is 2.52. The number of hydrogen-bond acceptors (Lipinski definition) is 2. The van der Waals surface area contributed by atoms with Crippen LogP contribution in [-0.2, 0) is 9.22 Å². The molecule has 0 fully saturated rings. The highest BCUT2D eigenvalue weighted by molar-refractivity contribution is 14.1. The molecule has 1 atom stereocenters.